The van der Waals surface area contributed by atoms with Gasteiger partial charge in [-0.05, 0) is 36.8 Å². The first-order chi connectivity index (χ1) is 15.0. The zero-order valence-electron chi connectivity index (χ0n) is 18.8. The number of ether oxygens (including phenoxy) is 3. The van der Waals surface area contributed by atoms with Crippen LogP contribution in [0.2, 0.25) is 0 Å². The Kier molecular flexibility index (Phi) is 6.44. The van der Waals surface area contributed by atoms with Crippen molar-refractivity contribution in [1.29, 1.82) is 0 Å². The number of methoxy groups -OCH3 is 3. The Balaban J connectivity index is 1.70. The molecular formula is C24H34N2O5. The van der Waals surface area contributed by atoms with E-state index in [0.29, 0.717) is 24.5 Å². The van der Waals surface area contributed by atoms with E-state index in [1.165, 1.54) is 7.11 Å². The molecule has 3 aliphatic rings. The molecule has 7 heteroatoms. The number of nitrogens with zero attached hydrogens (tertiary/aromatic N) is 1. The molecule has 0 aliphatic carbocycles. The number of aliphatic hydroxyl groups is 1. The molecule has 4 unspecified atom stereocenters. The van der Waals surface area contributed by atoms with Crippen LogP contribution in [-0.4, -0.2) is 68.6 Å². The molecule has 0 bridgehead atoms. The summed E-state index contributed by atoms with van der Waals surface area (Å²) in [7, 11) is 4.68. The van der Waals surface area contributed by atoms with Crippen molar-refractivity contribution in [2.75, 3.05) is 39.7 Å². The molecule has 2 saturated heterocycles. The summed E-state index contributed by atoms with van der Waals surface area (Å²) in [5, 5.41) is 14.6. The number of carbonyl (C=O) groups excluding carboxylic acids is 1. The SMILES string of the molecule is CC[C@@H]1CN2CC(O)CC3c4c(cccc4OC)NC3C2C[C@@H]1/C(=C\OC)C(=O)OC. The fourth-order valence-corrected chi connectivity index (χ4v) is 6.03. The van der Waals surface area contributed by atoms with Gasteiger partial charge in [-0.1, -0.05) is 19.4 Å². The van der Waals surface area contributed by atoms with Crippen molar-refractivity contribution in [2.45, 2.75) is 50.3 Å². The molecule has 2 fully saturated rings. The molecule has 0 amide bonds. The number of hydrogen-bond donors (Lipinski definition) is 2. The minimum absolute atomic E-state index is 0.0435. The largest absolute Gasteiger partial charge is 0.504 e. The number of benzene rings is 1. The maximum atomic E-state index is 12.6. The lowest BCUT2D eigenvalue weighted by Crippen LogP contribution is -2.55. The maximum absolute atomic E-state index is 12.6. The summed E-state index contributed by atoms with van der Waals surface area (Å²) in [5.74, 6) is 1.03. The molecule has 0 radical (unpaired) electrons. The van der Waals surface area contributed by atoms with Crippen LogP contribution >= 0.6 is 0 Å². The molecule has 6 atom stereocenters. The molecule has 4 rings (SSSR count). The molecule has 1 aromatic rings. The van der Waals surface area contributed by atoms with Gasteiger partial charge in [0.25, 0.3) is 0 Å². The van der Waals surface area contributed by atoms with Crippen LogP contribution < -0.4 is 10.1 Å². The third-order valence-electron chi connectivity index (χ3n) is 7.39. The van der Waals surface area contributed by atoms with E-state index in [-0.39, 0.29) is 29.9 Å². The number of piperidine rings is 1. The number of esters is 1. The second kappa shape index (κ2) is 9.09. The highest BCUT2D eigenvalue weighted by Crippen LogP contribution is 2.50. The second-order valence-electron chi connectivity index (χ2n) is 8.92. The quantitative estimate of drug-likeness (QED) is 0.422. The molecule has 170 valence electrons. The minimum Gasteiger partial charge on any atom is -0.504 e. The van der Waals surface area contributed by atoms with Crippen LogP contribution in [0.3, 0.4) is 0 Å². The van der Waals surface area contributed by atoms with E-state index in [9.17, 15) is 9.90 Å². The first-order valence-corrected chi connectivity index (χ1v) is 11.2. The summed E-state index contributed by atoms with van der Waals surface area (Å²) in [4.78, 5) is 15.0. The number of anilines is 1. The first kappa shape index (κ1) is 22.0. The van der Waals surface area contributed by atoms with Crippen molar-refractivity contribution in [3.63, 3.8) is 0 Å². The lowest BCUT2D eigenvalue weighted by atomic mass is 9.73. The molecule has 0 spiro atoms. The summed E-state index contributed by atoms with van der Waals surface area (Å²) < 4.78 is 16.0. The van der Waals surface area contributed by atoms with Crippen molar-refractivity contribution in [3.8, 4) is 5.75 Å². The smallest absolute Gasteiger partial charge is 0.337 e. The van der Waals surface area contributed by atoms with E-state index in [2.05, 4.69) is 23.2 Å². The van der Waals surface area contributed by atoms with Crippen LogP contribution in [0.5, 0.6) is 5.75 Å². The van der Waals surface area contributed by atoms with Gasteiger partial charge in [0.1, 0.15) is 5.75 Å². The van der Waals surface area contributed by atoms with Gasteiger partial charge in [0.15, 0.2) is 0 Å². The number of aliphatic hydroxyl groups excluding tert-OH is 1. The van der Waals surface area contributed by atoms with Gasteiger partial charge in [-0.25, -0.2) is 4.79 Å². The highest BCUT2D eigenvalue weighted by molar-refractivity contribution is 5.88. The molecule has 1 aromatic carbocycles. The molecule has 3 aliphatic heterocycles. The lowest BCUT2D eigenvalue weighted by Gasteiger charge is -2.46. The predicted octanol–water partition coefficient (Wildman–Crippen LogP) is 2.76. The van der Waals surface area contributed by atoms with Crippen molar-refractivity contribution >= 4 is 11.7 Å². The number of rotatable bonds is 5. The monoisotopic (exact) mass is 430 g/mol. The van der Waals surface area contributed by atoms with Crippen LogP contribution in [0, 0.1) is 11.8 Å². The summed E-state index contributed by atoms with van der Waals surface area (Å²) in [6.45, 7) is 3.64. The number of hydrogen-bond acceptors (Lipinski definition) is 7. The average Bonchev–Trinajstić information content (AvgIpc) is 3.08. The molecule has 0 aromatic heterocycles. The van der Waals surface area contributed by atoms with E-state index in [0.717, 1.165) is 36.4 Å². The van der Waals surface area contributed by atoms with Gasteiger partial charge in [0, 0.05) is 42.3 Å². The third-order valence-corrected chi connectivity index (χ3v) is 7.39. The third kappa shape index (κ3) is 3.89. The minimum atomic E-state index is -0.404. The van der Waals surface area contributed by atoms with E-state index < -0.39 is 6.10 Å². The highest BCUT2D eigenvalue weighted by Gasteiger charge is 2.49. The standard InChI is InChI=1S/C24H34N2O5/c1-5-14-11-26-12-15(27)9-17-22-19(7-6-8-21(22)30-3)25-23(17)20(26)10-16(14)18(13-29-2)24(28)31-4/h6-8,13-17,20,23,25,27H,5,9-12H2,1-4H3/b18-13+/t14-,15?,16+,17?,20?,23?/m1/s1. The fourth-order valence-electron chi connectivity index (χ4n) is 6.03. The molecule has 0 saturated carbocycles. The Morgan fingerprint density at radius 3 is 2.74 bits per heavy atom. The Bertz CT molecular complexity index is 841. The average molecular weight is 431 g/mol. The normalized spacial score (nSPS) is 32.7. The van der Waals surface area contributed by atoms with E-state index in [1.807, 2.05) is 12.1 Å². The van der Waals surface area contributed by atoms with Gasteiger partial charge in [-0.15, -0.1) is 0 Å². The molecule has 2 N–H and O–H groups in total. The van der Waals surface area contributed by atoms with Gasteiger partial charge in [-0.3, -0.25) is 4.90 Å². The van der Waals surface area contributed by atoms with Gasteiger partial charge in [-0.2, -0.15) is 0 Å². The summed E-state index contributed by atoms with van der Waals surface area (Å²) in [6, 6.07) is 6.40. The molecule has 3 heterocycles. The van der Waals surface area contributed by atoms with Crippen LogP contribution in [0.25, 0.3) is 0 Å². The van der Waals surface area contributed by atoms with Crippen LogP contribution in [-0.2, 0) is 14.3 Å². The van der Waals surface area contributed by atoms with Crippen molar-refractivity contribution < 1.29 is 24.1 Å². The van der Waals surface area contributed by atoms with Crippen molar-refractivity contribution in [2.24, 2.45) is 11.8 Å². The number of carbonyl (C=O) groups is 1. The van der Waals surface area contributed by atoms with E-state index in [4.69, 9.17) is 14.2 Å². The Hall–Kier alpha value is -2.25. The van der Waals surface area contributed by atoms with E-state index in [1.54, 1.807) is 20.5 Å². The zero-order chi connectivity index (χ0) is 22.1. The Morgan fingerprint density at radius 1 is 1.26 bits per heavy atom. The maximum Gasteiger partial charge on any atom is 0.337 e. The molecule has 7 nitrogen and oxygen atoms in total. The number of nitrogens with one attached hydrogen (secondary N) is 1. The molecule has 31 heavy (non-hydrogen) atoms. The lowest BCUT2D eigenvalue weighted by molar-refractivity contribution is -0.137. The van der Waals surface area contributed by atoms with Crippen LogP contribution in [0.4, 0.5) is 5.69 Å². The Labute approximate surface area is 184 Å². The van der Waals surface area contributed by atoms with Crippen LogP contribution in [0.1, 0.15) is 37.7 Å². The van der Waals surface area contributed by atoms with Crippen molar-refractivity contribution in [1.82, 2.24) is 4.90 Å². The first-order valence-electron chi connectivity index (χ1n) is 11.2. The predicted molar refractivity (Wildman–Crippen MR) is 118 cm³/mol. The van der Waals surface area contributed by atoms with E-state index >= 15 is 0 Å². The number of fused-ring (bicyclic) bond motifs is 5. The van der Waals surface area contributed by atoms with Gasteiger partial charge < -0.3 is 24.6 Å². The van der Waals surface area contributed by atoms with Gasteiger partial charge in [0.05, 0.1) is 39.3 Å². The van der Waals surface area contributed by atoms with Gasteiger partial charge in [0.2, 0.25) is 0 Å². The highest BCUT2D eigenvalue weighted by atomic mass is 16.5. The van der Waals surface area contributed by atoms with Crippen LogP contribution in [0.15, 0.2) is 30.0 Å². The second-order valence-corrected chi connectivity index (χ2v) is 8.92. The van der Waals surface area contributed by atoms with Crippen molar-refractivity contribution in [3.05, 3.63) is 35.6 Å². The summed E-state index contributed by atoms with van der Waals surface area (Å²) in [5.41, 5.74) is 2.84. The Morgan fingerprint density at radius 2 is 2.06 bits per heavy atom. The topological polar surface area (TPSA) is 80.3 Å². The summed E-state index contributed by atoms with van der Waals surface area (Å²) in [6.07, 6.45) is 3.59. The fraction of sp³-hybridized carbons (Fsp3) is 0.625. The summed E-state index contributed by atoms with van der Waals surface area (Å²) >= 11 is 0. The zero-order valence-corrected chi connectivity index (χ0v) is 18.8. The van der Waals surface area contributed by atoms with Gasteiger partial charge >= 0.3 is 5.97 Å². The molecular weight excluding hydrogens is 396 g/mol.